The van der Waals surface area contributed by atoms with E-state index in [1.54, 1.807) is 44.9 Å². The Morgan fingerprint density at radius 1 is 0.714 bits per heavy atom. The van der Waals surface area contributed by atoms with Crippen LogP contribution in [0.1, 0.15) is 92.4 Å². The third-order valence-corrected chi connectivity index (χ3v) is 9.06. The standard InChI is InChI=1S/C20H34.CH4/c1-14-7-10-17-16-9-8-15-6-4-5-12-20(15,3)18(16)11-13-19(14,17)2;/h14-18H,4-13H2,1-3H3;1H4. The van der Waals surface area contributed by atoms with E-state index in [9.17, 15) is 0 Å². The van der Waals surface area contributed by atoms with Crippen molar-refractivity contribution in [3.63, 3.8) is 0 Å². The normalized spacial score (nSPS) is 55.9. The van der Waals surface area contributed by atoms with Crippen LogP contribution in [0.2, 0.25) is 0 Å². The maximum absolute atomic E-state index is 2.70. The zero-order chi connectivity index (χ0) is 14.0. The molecule has 4 aliphatic rings. The summed E-state index contributed by atoms with van der Waals surface area (Å²) in [7, 11) is 0. The van der Waals surface area contributed by atoms with Crippen molar-refractivity contribution in [1.29, 1.82) is 0 Å². The largest absolute Gasteiger partial charge is 0.0776 e. The van der Waals surface area contributed by atoms with Gasteiger partial charge in [-0.05, 0) is 91.8 Å². The number of hydrogen-bond acceptors (Lipinski definition) is 0. The molecule has 0 spiro atoms. The second-order valence-electron chi connectivity index (χ2n) is 9.43. The van der Waals surface area contributed by atoms with Crippen molar-refractivity contribution in [2.45, 2.75) is 92.4 Å². The van der Waals surface area contributed by atoms with E-state index < -0.39 is 0 Å². The van der Waals surface area contributed by atoms with Crippen LogP contribution in [0, 0.1) is 40.4 Å². The van der Waals surface area contributed by atoms with Crippen molar-refractivity contribution >= 4 is 0 Å². The summed E-state index contributed by atoms with van der Waals surface area (Å²) in [5, 5.41) is 0. The first-order valence-electron chi connectivity index (χ1n) is 9.56. The fraction of sp³-hybridized carbons (Fsp3) is 1.00. The van der Waals surface area contributed by atoms with Gasteiger partial charge in [-0.15, -0.1) is 0 Å². The summed E-state index contributed by atoms with van der Waals surface area (Å²) >= 11 is 0. The van der Waals surface area contributed by atoms with E-state index in [-0.39, 0.29) is 7.43 Å². The SMILES string of the molecule is C.CC1CCC2C3CCC4CCCCC4(C)C3CCC12C. The average molecular weight is 291 g/mol. The summed E-state index contributed by atoms with van der Waals surface area (Å²) in [4.78, 5) is 0. The van der Waals surface area contributed by atoms with Crippen LogP contribution in [-0.2, 0) is 0 Å². The Hall–Kier alpha value is 0. The summed E-state index contributed by atoms with van der Waals surface area (Å²) in [6, 6.07) is 0. The van der Waals surface area contributed by atoms with Crippen molar-refractivity contribution in [3.05, 3.63) is 0 Å². The van der Waals surface area contributed by atoms with Crippen LogP contribution >= 0.6 is 0 Å². The van der Waals surface area contributed by atoms with Crippen LogP contribution in [-0.4, -0.2) is 0 Å². The first-order valence-corrected chi connectivity index (χ1v) is 9.56. The molecule has 0 saturated heterocycles. The predicted molar refractivity (Wildman–Crippen MR) is 92.2 cm³/mol. The monoisotopic (exact) mass is 290 g/mol. The first kappa shape index (κ1) is 15.9. The molecule has 0 aromatic heterocycles. The van der Waals surface area contributed by atoms with E-state index in [1.165, 1.54) is 19.3 Å². The molecule has 0 aromatic rings. The maximum Gasteiger partial charge on any atom is -0.0266 e. The molecule has 0 nitrogen and oxygen atoms in total. The quantitative estimate of drug-likeness (QED) is 0.466. The van der Waals surface area contributed by atoms with Gasteiger partial charge >= 0.3 is 0 Å². The van der Waals surface area contributed by atoms with E-state index in [0.29, 0.717) is 5.41 Å². The maximum atomic E-state index is 2.70. The Bertz CT molecular complexity index is 385. The van der Waals surface area contributed by atoms with Gasteiger partial charge in [0.15, 0.2) is 0 Å². The van der Waals surface area contributed by atoms with Gasteiger partial charge in [0.2, 0.25) is 0 Å². The molecule has 0 N–H and O–H groups in total. The molecule has 4 aliphatic carbocycles. The van der Waals surface area contributed by atoms with Crippen LogP contribution in [0.3, 0.4) is 0 Å². The van der Waals surface area contributed by atoms with Gasteiger partial charge in [0.1, 0.15) is 0 Å². The Balaban J connectivity index is 0.00000132. The van der Waals surface area contributed by atoms with Crippen molar-refractivity contribution in [3.8, 4) is 0 Å². The minimum Gasteiger partial charge on any atom is -0.0776 e. The van der Waals surface area contributed by atoms with Crippen molar-refractivity contribution in [1.82, 2.24) is 0 Å². The second-order valence-corrected chi connectivity index (χ2v) is 9.43. The second kappa shape index (κ2) is 5.27. The number of hydrogen-bond donors (Lipinski definition) is 0. The Kier molecular flexibility index (Phi) is 3.99. The minimum atomic E-state index is 0. The lowest BCUT2D eigenvalue weighted by Gasteiger charge is -2.60. The zero-order valence-electron chi connectivity index (χ0n) is 14.0. The van der Waals surface area contributed by atoms with E-state index in [2.05, 4.69) is 20.8 Å². The third-order valence-electron chi connectivity index (χ3n) is 9.06. The van der Waals surface area contributed by atoms with E-state index in [4.69, 9.17) is 0 Å². The molecule has 0 bridgehead atoms. The van der Waals surface area contributed by atoms with Crippen LogP contribution in [0.15, 0.2) is 0 Å². The first-order chi connectivity index (χ1) is 9.56. The van der Waals surface area contributed by atoms with Crippen molar-refractivity contribution < 1.29 is 0 Å². The molecule has 0 heterocycles. The zero-order valence-corrected chi connectivity index (χ0v) is 14.0. The summed E-state index contributed by atoms with van der Waals surface area (Å²) < 4.78 is 0. The fourth-order valence-corrected chi connectivity index (χ4v) is 7.56. The van der Waals surface area contributed by atoms with Crippen LogP contribution in [0.4, 0.5) is 0 Å². The molecule has 4 rings (SSSR count). The van der Waals surface area contributed by atoms with Gasteiger partial charge < -0.3 is 0 Å². The molecule has 4 fully saturated rings. The van der Waals surface area contributed by atoms with Gasteiger partial charge in [0.25, 0.3) is 0 Å². The molecule has 0 amide bonds. The molecule has 0 heteroatoms. The predicted octanol–water partition coefficient (Wildman–Crippen LogP) is 6.69. The highest BCUT2D eigenvalue weighted by molar-refractivity contribution is 5.07. The lowest BCUT2D eigenvalue weighted by Crippen LogP contribution is -2.52. The van der Waals surface area contributed by atoms with Gasteiger partial charge in [-0.2, -0.15) is 0 Å². The lowest BCUT2D eigenvalue weighted by molar-refractivity contribution is -0.109. The molecular weight excluding hydrogens is 252 g/mol. The van der Waals surface area contributed by atoms with Crippen LogP contribution < -0.4 is 0 Å². The third kappa shape index (κ3) is 2.07. The average Bonchev–Trinajstić information content (AvgIpc) is 2.74. The summed E-state index contributed by atoms with van der Waals surface area (Å²) in [6.07, 6.45) is 15.5. The minimum absolute atomic E-state index is 0. The molecular formula is C21H38. The summed E-state index contributed by atoms with van der Waals surface area (Å²) in [5.74, 6) is 5.34. The summed E-state index contributed by atoms with van der Waals surface area (Å²) in [6.45, 7) is 7.91. The number of rotatable bonds is 0. The highest BCUT2D eigenvalue weighted by atomic mass is 14.6. The Labute approximate surface area is 133 Å². The highest BCUT2D eigenvalue weighted by Crippen LogP contribution is 2.67. The molecule has 7 unspecified atom stereocenters. The number of fused-ring (bicyclic) bond motifs is 5. The van der Waals surface area contributed by atoms with Gasteiger partial charge in [0.05, 0.1) is 0 Å². The smallest absolute Gasteiger partial charge is 0.0266 e. The molecule has 21 heavy (non-hydrogen) atoms. The van der Waals surface area contributed by atoms with E-state index in [1.807, 2.05) is 0 Å². The molecule has 7 atom stereocenters. The van der Waals surface area contributed by atoms with Crippen molar-refractivity contribution in [2.24, 2.45) is 40.4 Å². The molecule has 122 valence electrons. The Morgan fingerprint density at radius 3 is 2.29 bits per heavy atom. The fourth-order valence-electron chi connectivity index (χ4n) is 7.56. The van der Waals surface area contributed by atoms with Gasteiger partial charge in [0, 0.05) is 0 Å². The van der Waals surface area contributed by atoms with Crippen LogP contribution in [0.5, 0.6) is 0 Å². The topological polar surface area (TPSA) is 0 Å². The molecule has 4 saturated carbocycles. The van der Waals surface area contributed by atoms with Crippen molar-refractivity contribution in [2.75, 3.05) is 0 Å². The molecule has 0 radical (unpaired) electrons. The van der Waals surface area contributed by atoms with Gasteiger partial charge in [-0.1, -0.05) is 41.0 Å². The molecule has 0 aromatic carbocycles. The lowest BCUT2D eigenvalue weighted by atomic mass is 9.45. The molecule has 0 aliphatic heterocycles. The van der Waals surface area contributed by atoms with Gasteiger partial charge in [-0.3, -0.25) is 0 Å². The summed E-state index contributed by atoms with van der Waals surface area (Å²) in [5.41, 5.74) is 1.44. The van der Waals surface area contributed by atoms with Gasteiger partial charge in [-0.25, -0.2) is 0 Å². The van der Waals surface area contributed by atoms with E-state index >= 15 is 0 Å². The Morgan fingerprint density at radius 2 is 1.48 bits per heavy atom. The van der Waals surface area contributed by atoms with Crippen LogP contribution in [0.25, 0.3) is 0 Å². The highest BCUT2D eigenvalue weighted by Gasteiger charge is 2.58. The van der Waals surface area contributed by atoms with E-state index in [0.717, 1.165) is 35.0 Å².